The van der Waals surface area contributed by atoms with Gasteiger partial charge in [-0.2, -0.15) is 10.2 Å². The Balaban J connectivity index is 1.29. The molecule has 2 aromatic rings. The van der Waals surface area contributed by atoms with Crippen LogP contribution >= 0.6 is 0 Å². The van der Waals surface area contributed by atoms with E-state index in [1.807, 2.05) is 6.07 Å². The number of hydrogen-bond donors (Lipinski definition) is 3. The second kappa shape index (κ2) is 6.22. The number of nitrogens with one attached hydrogen (secondary N) is 2. The van der Waals surface area contributed by atoms with E-state index in [0.717, 1.165) is 23.4 Å². The number of benzene rings is 1. The number of phenols is 1. The van der Waals surface area contributed by atoms with Crippen LogP contribution in [0.1, 0.15) is 60.3 Å². The van der Waals surface area contributed by atoms with E-state index in [2.05, 4.69) is 20.7 Å². The Hall–Kier alpha value is -2.63. The Bertz CT molecular complexity index is 866. The molecule has 0 radical (unpaired) electrons. The summed E-state index contributed by atoms with van der Waals surface area (Å²) < 4.78 is 0. The minimum absolute atomic E-state index is 0.124. The van der Waals surface area contributed by atoms with Crippen LogP contribution in [0.25, 0.3) is 0 Å². The number of carbonyl (C=O) groups is 1. The molecule has 1 amide bonds. The first-order valence-electron chi connectivity index (χ1n) is 9.79. The Morgan fingerprint density at radius 2 is 1.85 bits per heavy atom. The number of para-hydroxylation sites is 1. The van der Waals surface area contributed by atoms with Gasteiger partial charge in [-0.1, -0.05) is 12.1 Å². The Morgan fingerprint density at radius 1 is 1.19 bits per heavy atom. The van der Waals surface area contributed by atoms with Gasteiger partial charge in [0.2, 0.25) is 0 Å². The molecule has 6 rings (SSSR count). The largest absolute Gasteiger partial charge is 0.507 e. The summed E-state index contributed by atoms with van der Waals surface area (Å²) in [7, 11) is 0. The average molecular weight is 364 g/mol. The van der Waals surface area contributed by atoms with Crippen LogP contribution in [0, 0.1) is 17.8 Å². The molecule has 0 unspecified atom stereocenters. The molecule has 6 heteroatoms. The monoisotopic (exact) mass is 364 g/mol. The lowest BCUT2D eigenvalue weighted by Crippen LogP contribution is -2.48. The van der Waals surface area contributed by atoms with Crippen LogP contribution in [-0.2, 0) is 5.41 Å². The van der Waals surface area contributed by atoms with E-state index in [4.69, 9.17) is 0 Å². The van der Waals surface area contributed by atoms with E-state index >= 15 is 0 Å². The van der Waals surface area contributed by atoms with Crippen molar-refractivity contribution in [2.75, 3.05) is 0 Å². The molecule has 0 spiro atoms. The molecular weight excluding hydrogens is 340 g/mol. The minimum Gasteiger partial charge on any atom is -0.507 e. The molecule has 1 aromatic heterocycles. The highest BCUT2D eigenvalue weighted by Crippen LogP contribution is 2.60. The van der Waals surface area contributed by atoms with Gasteiger partial charge in [0, 0.05) is 16.7 Å². The van der Waals surface area contributed by atoms with Gasteiger partial charge in [-0.15, -0.1) is 0 Å². The van der Waals surface area contributed by atoms with Gasteiger partial charge in [0.05, 0.1) is 6.21 Å². The van der Waals surface area contributed by atoms with E-state index in [-0.39, 0.29) is 17.1 Å². The van der Waals surface area contributed by atoms with Crippen molar-refractivity contribution < 1.29 is 9.90 Å². The number of H-pyrrole nitrogens is 1. The summed E-state index contributed by atoms with van der Waals surface area (Å²) >= 11 is 0. The fourth-order valence-electron chi connectivity index (χ4n) is 5.96. The topological polar surface area (TPSA) is 90.4 Å². The summed E-state index contributed by atoms with van der Waals surface area (Å²) in [6, 6.07) is 8.76. The highest BCUT2D eigenvalue weighted by molar-refractivity contribution is 5.93. The van der Waals surface area contributed by atoms with E-state index in [1.54, 1.807) is 24.3 Å². The third-order valence-electron chi connectivity index (χ3n) is 6.73. The lowest BCUT2D eigenvalue weighted by Gasteiger charge is -2.56. The van der Waals surface area contributed by atoms with Gasteiger partial charge in [0.25, 0.3) is 5.91 Å². The molecule has 1 aromatic carbocycles. The number of aromatic nitrogens is 2. The van der Waals surface area contributed by atoms with Crippen molar-refractivity contribution in [3.05, 3.63) is 47.3 Å². The lowest BCUT2D eigenvalue weighted by molar-refractivity contribution is -0.00721. The first kappa shape index (κ1) is 16.5. The molecule has 0 atom stereocenters. The summed E-state index contributed by atoms with van der Waals surface area (Å²) in [5, 5.41) is 21.1. The van der Waals surface area contributed by atoms with Crippen LogP contribution in [0.4, 0.5) is 0 Å². The van der Waals surface area contributed by atoms with Gasteiger partial charge in [0.15, 0.2) is 5.69 Å². The molecule has 27 heavy (non-hydrogen) atoms. The molecule has 140 valence electrons. The van der Waals surface area contributed by atoms with Crippen LogP contribution in [0.15, 0.2) is 35.4 Å². The number of phenolic OH excluding ortho intramolecular Hbond substituents is 1. The van der Waals surface area contributed by atoms with Crippen molar-refractivity contribution in [2.45, 2.75) is 43.9 Å². The third-order valence-corrected chi connectivity index (χ3v) is 6.73. The lowest BCUT2D eigenvalue weighted by atomic mass is 9.49. The normalized spacial score (nSPS) is 31.5. The van der Waals surface area contributed by atoms with Crippen LogP contribution in [0.2, 0.25) is 0 Å². The van der Waals surface area contributed by atoms with E-state index in [1.165, 1.54) is 44.7 Å². The fourth-order valence-corrected chi connectivity index (χ4v) is 5.96. The number of hydrogen-bond acceptors (Lipinski definition) is 4. The average Bonchev–Trinajstić information content (AvgIpc) is 3.13. The highest BCUT2D eigenvalue weighted by atomic mass is 16.3. The van der Waals surface area contributed by atoms with Gasteiger partial charge in [-0.05, 0) is 74.5 Å². The summed E-state index contributed by atoms with van der Waals surface area (Å²) in [5.41, 5.74) is 4.73. The quantitative estimate of drug-likeness (QED) is 0.574. The molecule has 6 nitrogen and oxygen atoms in total. The number of hydrazone groups is 1. The maximum Gasteiger partial charge on any atom is 0.291 e. The first-order valence-corrected chi connectivity index (χ1v) is 9.79. The number of aromatic amines is 1. The Labute approximate surface area is 158 Å². The zero-order valence-corrected chi connectivity index (χ0v) is 15.2. The number of aromatic hydroxyl groups is 1. The number of nitrogens with zero attached hydrogens (tertiary/aromatic N) is 2. The van der Waals surface area contributed by atoms with E-state index < -0.39 is 0 Å². The number of amides is 1. The predicted octanol–water partition coefficient (Wildman–Crippen LogP) is 3.35. The summed E-state index contributed by atoms with van der Waals surface area (Å²) in [6.45, 7) is 0. The van der Waals surface area contributed by atoms with E-state index in [9.17, 15) is 9.90 Å². The third kappa shape index (κ3) is 2.93. The van der Waals surface area contributed by atoms with Crippen molar-refractivity contribution in [2.24, 2.45) is 22.9 Å². The standard InChI is InChI=1S/C21H24N4O2/c26-18-4-2-1-3-16(18)12-22-25-20(27)17-8-19(24-23-17)21-9-13-5-14(10-21)7-15(6-13)11-21/h1-4,8,12-15,26H,5-7,9-11H2,(H,23,24)(H,25,27)/b22-12+. The zero-order chi connectivity index (χ0) is 18.4. The Kier molecular flexibility index (Phi) is 3.81. The second-order valence-corrected chi connectivity index (χ2v) is 8.62. The second-order valence-electron chi connectivity index (χ2n) is 8.62. The molecule has 1 heterocycles. The van der Waals surface area contributed by atoms with Gasteiger partial charge < -0.3 is 5.11 Å². The Morgan fingerprint density at radius 3 is 2.52 bits per heavy atom. The van der Waals surface area contributed by atoms with Crippen molar-refractivity contribution in [1.82, 2.24) is 15.6 Å². The molecule has 4 aliphatic rings. The van der Waals surface area contributed by atoms with Crippen LogP contribution in [-0.4, -0.2) is 27.4 Å². The molecular formula is C21H24N4O2. The molecule has 4 fully saturated rings. The van der Waals surface area contributed by atoms with Crippen LogP contribution in [0.5, 0.6) is 5.75 Å². The fraction of sp³-hybridized carbons (Fsp3) is 0.476. The van der Waals surface area contributed by atoms with Crippen molar-refractivity contribution in [3.63, 3.8) is 0 Å². The van der Waals surface area contributed by atoms with Crippen LogP contribution < -0.4 is 5.43 Å². The number of carbonyl (C=O) groups excluding carboxylic acids is 1. The van der Waals surface area contributed by atoms with Crippen LogP contribution in [0.3, 0.4) is 0 Å². The maximum absolute atomic E-state index is 12.4. The molecule has 4 saturated carbocycles. The van der Waals surface area contributed by atoms with Crippen molar-refractivity contribution in [1.29, 1.82) is 0 Å². The maximum atomic E-state index is 12.4. The van der Waals surface area contributed by atoms with E-state index in [0.29, 0.717) is 11.3 Å². The summed E-state index contributed by atoms with van der Waals surface area (Å²) in [6.07, 6.45) is 9.29. The molecule has 3 N–H and O–H groups in total. The van der Waals surface area contributed by atoms with Crippen molar-refractivity contribution in [3.8, 4) is 5.75 Å². The zero-order valence-electron chi connectivity index (χ0n) is 15.2. The minimum atomic E-state index is -0.339. The van der Waals surface area contributed by atoms with Gasteiger partial charge in [-0.25, -0.2) is 5.43 Å². The number of rotatable bonds is 4. The summed E-state index contributed by atoms with van der Waals surface area (Å²) in [5.74, 6) is 2.33. The molecule has 0 aliphatic heterocycles. The SMILES string of the molecule is O=C(N/N=C/c1ccccc1O)c1cc(C23CC4CC(CC(C4)C2)C3)[nH]n1. The molecule has 4 bridgehead atoms. The van der Waals surface area contributed by atoms with Gasteiger partial charge >= 0.3 is 0 Å². The first-order chi connectivity index (χ1) is 13.1. The predicted molar refractivity (Wildman–Crippen MR) is 102 cm³/mol. The highest BCUT2D eigenvalue weighted by Gasteiger charge is 2.52. The molecule has 0 saturated heterocycles. The van der Waals surface area contributed by atoms with Gasteiger partial charge in [0.1, 0.15) is 5.75 Å². The smallest absolute Gasteiger partial charge is 0.291 e. The van der Waals surface area contributed by atoms with Crippen molar-refractivity contribution >= 4 is 12.1 Å². The molecule has 4 aliphatic carbocycles. The van der Waals surface area contributed by atoms with Gasteiger partial charge in [-0.3, -0.25) is 9.89 Å². The summed E-state index contributed by atoms with van der Waals surface area (Å²) in [4.78, 5) is 12.4.